The van der Waals surface area contributed by atoms with E-state index in [1.54, 1.807) is 30.0 Å². The molecule has 0 spiro atoms. The van der Waals surface area contributed by atoms with Gasteiger partial charge in [0.25, 0.3) is 5.91 Å². The Hall–Kier alpha value is -1.80. The molecule has 1 aromatic carbocycles. The molecule has 21 heavy (non-hydrogen) atoms. The number of carbonyl (C=O) groups is 1. The maximum absolute atomic E-state index is 12.2. The summed E-state index contributed by atoms with van der Waals surface area (Å²) >= 11 is 2.98. The van der Waals surface area contributed by atoms with Crippen molar-refractivity contribution in [3.8, 4) is 11.5 Å². The van der Waals surface area contributed by atoms with E-state index in [9.17, 15) is 4.79 Å². The third-order valence-corrected chi connectivity index (χ3v) is 4.52. The van der Waals surface area contributed by atoms with Crippen molar-refractivity contribution in [3.05, 3.63) is 23.8 Å². The normalized spacial score (nSPS) is 12.7. The van der Waals surface area contributed by atoms with Crippen LogP contribution in [-0.4, -0.2) is 28.1 Å². The molecule has 1 N–H and O–H groups in total. The monoisotopic (exact) mass is 323 g/mol. The average Bonchev–Trinajstić information content (AvgIpc) is 3.06. The van der Waals surface area contributed by atoms with Crippen molar-refractivity contribution in [1.82, 2.24) is 10.2 Å². The first-order valence-electron chi connectivity index (χ1n) is 6.33. The van der Waals surface area contributed by atoms with Crippen molar-refractivity contribution in [2.45, 2.75) is 23.4 Å². The molecule has 3 rings (SSSR count). The molecule has 110 valence electrons. The molecule has 6 nitrogen and oxygen atoms in total. The van der Waals surface area contributed by atoms with Gasteiger partial charge in [0.15, 0.2) is 15.8 Å². The standard InChI is InChI=1S/C13H13N3O3S2/c1-7(2)20-13-16-15-12(21-13)14-11(17)8-3-4-9-10(5-8)19-6-18-9/h3-5,7H,6H2,1-2H3,(H,14,15,17). The Kier molecular flexibility index (Phi) is 3.98. The number of fused-ring (bicyclic) bond motifs is 1. The van der Waals surface area contributed by atoms with Crippen LogP contribution in [-0.2, 0) is 0 Å². The Bertz CT molecular complexity index is 672. The number of hydrogen-bond acceptors (Lipinski definition) is 7. The maximum atomic E-state index is 12.2. The number of hydrogen-bond donors (Lipinski definition) is 1. The van der Waals surface area contributed by atoms with E-state index >= 15 is 0 Å². The SMILES string of the molecule is CC(C)Sc1nnc(NC(=O)c2ccc3c(c2)OCO3)s1. The van der Waals surface area contributed by atoms with Gasteiger partial charge in [-0.2, -0.15) is 0 Å². The second kappa shape index (κ2) is 5.90. The number of carbonyl (C=O) groups excluding carboxylic acids is 1. The molecule has 0 saturated carbocycles. The average molecular weight is 323 g/mol. The van der Waals surface area contributed by atoms with Crippen LogP contribution in [0.5, 0.6) is 11.5 Å². The lowest BCUT2D eigenvalue weighted by molar-refractivity contribution is 0.102. The van der Waals surface area contributed by atoms with E-state index in [2.05, 4.69) is 29.4 Å². The zero-order valence-electron chi connectivity index (χ0n) is 11.5. The van der Waals surface area contributed by atoms with Gasteiger partial charge in [0, 0.05) is 10.8 Å². The van der Waals surface area contributed by atoms with E-state index in [1.165, 1.54) is 11.3 Å². The summed E-state index contributed by atoms with van der Waals surface area (Å²) in [5, 5.41) is 11.7. The van der Waals surface area contributed by atoms with E-state index in [0.717, 1.165) is 4.34 Å². The second-order valence-corrected chi connectivity index (χ2v) is 7.36. The minimum absolute atomic E-state index is 0.187. The lowest BCUT2D eigenvalue weighted by atomic mass is 10.2. The molecule has 2 heterocycles. The van der Waals surface area contributed by atoms with Crippen molar-refractivity contribution in [2.24, 2.45) is 0 Å². The number of anilines is 1. The van der Waals surface area contributed by atoms with Crippen LogP contribution in [0.3, 0.4) is 0 Å². The van der Waals surface area contributed by atoms with Crippen LogP contribution in [0.25, 0.3) is 0 Å². The van der Waals surface area contributed by atoms with Crippen LogP contribution < -0.4 is 14.8 Å². The number of ether oxygens (including phenoxy) is 2. The minimum Gasteiger partial charge on any atom is -0.454 e. The highest BCUT2D eigenvalue weighted by atomic mass is 32.2. The Labute approximate surface area is 129 Å². The Morgan fingerprint density at radius 1 is 1.33 bits per heavy atom. The summed E-state index contributed by atoms with van der Waals surface area (Å²) in [6.45, 7) is 4.35. The van der Waals surface area contributed by atoms with Gasteiger partial charge in [0.05, 0.1) is 0 Å². The number of benzene rings is 1. The highest BCUT2D eigenvalue weighted by Gasteiger charge is 2.17. The Morgan fingerprint density at radius 3 is 2.95 bits per heavy atom. The van der Waals surface area contributed by atoms with Crippen LogP contribution in [0, 0.1) is 0 Å². The summed E-state index contributed by atoms with van der Waals surface area (Å²) in [6, 6.07) is 5.06. The molecule has 0 aliphatic carbocycles. The predicted molar refractivity (Wildman–Crippen MR) is 81.4 cm³/mol. The molecule has 0 radical (unpaired) electrons. The highest BCUT2D eigenvalue weighted by Crippen LogP contribution is 2.33. The molecule has 2 aromatic rings. The number of aromatic nitrogens is 2. The number of thioether (sulfide) groups is 1. The first-order chi connectivity index (χ1) is 10.1. The highest BCUT2D eigenvalue weighted by molar-refractivity contribution is 8.01. The van der Waals surface area contributed by atoms with E-state index in [1.807, 2.05) is 0 Å². The molecular formula is C13H13N3O3S2. The summed E-state index contributed by atoms with van der Waals surface area (Å²) in [7, 11) is 0. The zero-order chi connectivity index (χ0) is 14.8. The molecule has 1 amide bonds. The molecule has 1 aromatic heterocycles. The van der Waals surface area contributed by atoms with Gasteiger partial charge in [-0.15, -0.1) is 10.2 Å². The second-order valence-electron chi connectivity index (χ2n) is 4.56. The van der Waals surface area contributed by atoms with Crippen molar-refractivity contribution in [2.75, 3.05) is 12.1 Å². The summed E-state index contributed by atoms with van der Waals surface area (Å²) < 4.78 is 11.3. The fourth-order valence-corrected chi connectivity index (χ4v) is 3.69. The summed E-state index contributed by atoms with van der Waals surface area (Å²) in [4.78, 5) is 12.2. The zero-order valence-corrected chi connectivity index (χ0v) is 13.1. The Balaban J connectivity index is 1.70. The van der Waals surface area contributed by atoms with Crippen LogP contribution in [0.4, 0.5) is 5.13 Å². The fraction of sp³-hybridized carbons (Fsp3) is 0.308. The van der Waals surface area contributed by atoms with Crippen LogP contribution in [0.15, 0.2) is 22.5 Å². The lowest BCUT2D eigenvalue weighted by Crippen LogP contribution is -2.11. The maximum Gasteiger partial charge on any atom is 0.257 e. The number of rotatable bonds is 4. The first kappa shape index (κ1) is 14.2. The van der Waals surface area contributed by atoms with Crippen LogP contribution in [0.1, 0.15) is 24.2 Å². The van der Waals surface area contributed by atoms with Crippen molar-refractivity contribution >= 4 is 34.1 Å². The molecule has 8 heteroatoms. The van der Waals surface area contributed by atoms with Crippen molar-refractivity contribution < 1.29 is 14.3 Å². The number of nitrogens with one attached hydrogen (secondary N) is 1. The van der Waals surface area contributed by atoms with E-state index in [4.69, 9.17) is 9.47 Å². The van der Waals surface area contributed by atoms with Gasteiger partial charge >= 0.3 is 0 Å². The fourth-order valence-electron chi connectivity index (χ4n) is 1.72. The van der Waals surface area contributed by atoms with Gasteiger partial charge in [-0.05, 0) is 18.2 Å². The van der Waals surface area contributed by atoms with Crippen LogP contribution in [0.2, 0.25) is 0 Å². The molecule has 1 aliphatic rings. The van der Waals surface area contributed by atoms with Gasteiger partial charge in [-0.25, -0.2) is 0 Å². The van der Waals surface area contributed by atoms with E-state index < -0.39 is 0 Å². The summed E-state index contributed by atoms with van der Waals surface area (Å²) in [5.74, 6) is 0.986. The molecule has 0 atom stereocenters. The molecular weight excluding hydrogens is 310 g/mol. The van der Waals surface area contributed by atoms with Crippen molar-refractivity contribution in [3.63, 3.8) is 0 Å². The Morgan fingerprint density at radius 2 is 2.14 bits per heavy atom. The molecule has 1 aliphatic heterocycles. The molecule has 0 bridgehead atoms. The van der Waals surface area contributed by atoms with Gasteiger partial charge in [-0.3, -0.25) is 10.1 Å². The quantitative estimate of drug-likeness (QED) is 0.689. The smallest absolute Gasteiger partial charge is 0.257 e. The molecule has 0 saturated heterocycles. The summed E-state index contributed by atoms with van der Waals surface area (Å²) in [5.41, 5.74) is 0.493. The van der Waals surface area contributed by atoms with Crippen LogP contribution >= 0.6 is 23.1 Å². The number of nitrogens with zero attached hydrogens (tertiary/aromatic N) is 2. The summed E-state index contributed by atoms with van der Waals surface area (Å²) in [6.07, 6.45) is 0. The third kappa shape index (κ3) is 3.27. The third-order valence-electron chi connectivity index (χ3n) is 2.60. The first-order valence-corrected chi connectivity index (χ1v) is 8.02. The molecule has 0 fully saturated rings. The van der Waals surface area contributed by atoms with Gasteiger partial charge < -0.3 is 9.47 Å². The van der Waals surface area contributed by atoms with Crippen molar-refractivity contribution in [1.29, 1.82) is 0 Å². The largest absolute Gasteiger partial charge is 0.454 e. The minimum atomic E-state index is -0.245. The van der Waals surface area contributed by atoms with Gasteiger partial charge in [0.1, 0.15) is 0 Å². The predicted octanol–water partition coefficient (Wildman–Crippen LogP) is 3.02. The molecule has 0 unspecified atom stereocenters. The lowest BCUT2D eigenvalue weighted by Gasteiger charge is -2.02. The van der Waals surface area contributed by atoms with Gasteiger partial charge in [0.2, 0.25) is 11.9 Å². The topological polar surface area (TPSA) is 73.3 Å². The van der Waals surface area contributed by atoms with Gasteiger partial charge in [-0.1, -0.05) is 36.9 Å². The van der Waals surface area contributed by atoms with E-state index in [0.29, 0.717) is 27.4 Å². The van der Waals surface area contributed by atoms with E-state index in [-0.39, 0.29) is 12.7 Å². The number of amides is 1.